The topological polar surface area (TPSA) is 64.9 Å². The monoisotopic (exact) mass is 329 g/mol. The normalized spacial score (nSPS) is 10.7. The van der Waals surface area contributed by atoms with Gasteiger partial charge in [0.15, 0.2) is 0 Å². The van der Waals surface area contributed by atoms with Crippen molar-refractivity contribution in [3.05, 3.63) is 52.5 Å². The second-order valence-electron chi connectivity index (χ2n) is 4.53. The molecule has 0 unspecified atom stereocenters. The summed E-state index contributed by atoms with van der Waals surface area (Å²) in [7, 11) is 0. The van der Waals surface area contributed by atoms with Crippen molar-refractivity contribution < 1.29 is 4.52 Å². The molecule has 0 aliphatic heterocycles. The number of nitrogens with two attached hydrogens (primary N) is 1. The molecule has 100 valence electrons. The van der Waals surface area contributed by atoms with E-state index >= 15 is 0 Å². The van der Waals surface area contributed by atoms with Gasteiger partial charge in [0.1, 0.15) is 0 Å². The number of nitrogens with zero attached hydrogens (tertiary/aromatic N) is 2. The molecule has 0 aliphatic carbocycles. The van der Waals surface area contributed by atoms with Gasteiger partial charge in [0.25, 0.3) is 5.89 Å². The highest BCUT2D eigenvalue weighted by Gasteiger charge is 2.13. The Kier molecular flexibility index (Phi) is 3.28. The summed E-state index contributed by atoms with van der Waals surface area (Å²) < 4.78 is 6.25. The van der Waals surface area contributed by atoms with Crippen LogP contribution >= 0.6 is 15.9 Å². The van der Waals surface area contributed by atoms with E-state index in [9.17, 15) is 0 Å². The maximum atomic E-state index is 5.76. The molecule has 1 heterocycles. The average Bonchev–Trinajstić information content (AvgIpc) is 2.88. The van der Waals surface area contributed by atoms with Gasteiger partial charge in [0.05, 0.1) is 0 Å². The van der Waals surface area contributed by atoms with Crippen molar-refractivity contribution in [1.82, 2.24) is 10.1 Å². The fourth-order valence-corrected chi connectivity index (χ4v) is 2.59. The van der Waals surface area contributed by atoms with Gasteiger partial charge in [-0.15, -0.1) is 0 Å². The van der Waals surface area contributed by atoms with E-state index in [2.05, 4.69) is 26.1 Å². The van der Waals surface area contributed by atoms with Crippen LogP contribution < -0.4 is 5.73 Å². The lowest BCUT2D eigenvalue weighted by molar-refractivity contribution is 0.432. The molecule has 0 spiro atoms. The lowest BCUT2D eigenvalue weighted by Gasteiger charge is -2.00. The second kappa shape index (κ2) is 5.09. The summed E-state index contributed by atoms with van der Waals surface area (Å²) in [5.74, 6) is 1.01. The molecule has 0 atom stereocenters. The van der Waals surface area contributed by atoms with Gasteiger partial charge in [-0.3, -0.25) is 0 Å². The van der Waals surface area contributed by atoms with Crippen LogP contribution in [0.1, 0.15) is 5.56 Å². The number of hydrogen-bond acceptors (Lipinski definition) is 4. The van der Waals surface area contributed by atoms with Crippen LogP contribution in [0.15, 0.2) is 51.5 Å². The number of aryl methyl sites for hydroxylation is 1. The van der Waals surface area contributed by atoms with E-state index in [4.69, 9.17) is 10.3 Å². The fourth-order valence-electron chi connectivity index (χ4n) is 1.92. The van der Waals surface area contributed by atoms with Crippen LogP contribution in [0.25, 0.3) is 22.8 Å². The first-order chi connectivity index (χ1) is 9.63. The molecular formula is C15H12BrN3O. The third-order valence-electron chi connectivity index (χ3n) is 2.93. The summed E-state index contributed by atoms with van der Waals surface area (Å²) in [5.41, 5.74) is 9.30. The van der Waals surface area contributed by atoms with E-state index in [-0.39, 0.29) is 0 Å². The predicted octanol–water partition coefficient (Wildman–Crippen LogP) is 4.06. The van der Waals surface area contributed by atoms with E-state index in [1.54, 1.807) is 0 Å². The molecule has 0 fully saturated rings. The molecule has 0 saturated carbocycles. The van der Waals surface area contributed by atoms with Crippen molar-refractivity contribution in [3.8, 4) is 22.8 Å². The molecule has 0 aliphatic rings. The van der Waals surface area contributed by atoms with Crippen LogP contribution in [0.5, 0.6) is 0 Å². The molecule has 3 aromatic rings. The van der Waals surface area contributed by atoms with Crippen LogP contribution in [-0.2, 0) is 0 Å². The van der Waals surface area contributed by atoms with Crippen LogP contribution in [0, 0.1) is 6.92 Å². The third kappa shape index (κ3) is 2.44. The average molecular weight is 330 g/mol. The summed E-state index contributed by atoms with van der Waals surface area (Å²) in [6, 6.07) is 13.4. The second-order valence-corrected chi connectivity index (χ2v) is 5.39. The SMILES string of the molecule is Cc1ccc(-c2noc(-c3cccc(N)c3)n2)c(Br)c1. The molecule has 20 heavy (non-hydrogen) atoms. The molecule has 0 bridgehead atoms. The van der Waals surface area contributed by atoms with Crippen LogP contribution in [0.4, 0.5) is 5.69 Å². The summed E-state index contributed by atoms with van der Waals surface area (Å²) in [6.45, 7) is 2.03. The predicted molar refractivity (Wildman–Crippen MR) is 82.0 cm³/mol. The molecule has 4 nitrogen and oxygen atoms in total. The molecule has 0 saturated heterocycles. The van der Waals surface area contributed by atoms with E-state index in [0.29, 0.717) is 17.4 Å². The maximum absolute atomic E-state index is 5.76. The minimum atomic E-state index is 0.458. The van der Waals surface area contributed by atoms with Crippen molar-refractivity contribution in [3.63, 3.8) is 0 Å². The number of nitrogen functional groups attached to an aromatic ring is 1. The summed E-state index contributed by atoms with van der Waals surface area (Å²) >= 11 is 3.52. The quantitative estimate of drug-likeness (QED) is 0.720. The maximum Gasteiger partial charge on any atom is 0.258 e. The Morgan fingerprint density at radius 2 is 2.00 bits per heavy atom. The van der Waals surface area contributed by atoms with Crippen molar-refractivity contribution in [1.29, 1.82) is 0 Å². The van der Waals surface area contributed by atoms with Gasteiger partial charge < -0.3 is 10.3 Å². The van der Waals surface area contributed by atoms with Gasteiger partial charge in [-0.05, 0) is 42.8 Å². The van der Waals surface area contributed by atoms with E-state index in [1.165, 1.54) is 5.56 Å². The van der Waals surface area contributed by atoms with E-state index in [1.807, 2.05) is 49.4 Å². The van der Waals surface area contributed by atoms with Gasteiger partial charge in [-0.25, -0.2) is 0 Å². The van der Waals surface area contributed by atoms with Gasteiger partial charge in [-0.1, -0.05) is 33.2 Å². The fraction of sp³-hybridized carbons (Fsp3) is 0.0667. The number of anilines is 1. The number of aromatic nitrogens is 2. The molecular weight excluding hydrogens is 318 g/mol. The number of hydrogen-bond donors (Lipinski definition) is 1. The molecule has 1 aromatic heterocycles. The van der Waals surface area contributed by atoms with Crippen molar-refractivity contribution in [2.24, 2.45) is 0 Å². The molecule has 2 aromatic carbocycles. The van der Waals surface area contributed by atoms with Crippen molar-refractivity contribution >= 4 is 21.6 Å². The van der Waals surface area contributed by atoms with Crippen LogP contribution in [-0.4, -0.2) is 10.1 Å². The number of halogens is 1. The standard InChI is InChI=1S/C15H12BrN3O/c1-9-5-6-12(13(16)7-9)14-18-15(20-19-14)10-3-2-4-11(17)8-10/h2-8H,17H2,1H3. The van der Waals surface area contributed by atoms with E-state index in [0.717, 1.165) is 15.6 Å². The zero-order valence-corrected chi connectivity index (χ0v) is 12.4. The van der Waals surface area contributed by atoms with Crippen molar-refractivity contribution in [2.75, 3.05) is 5.73 Å². The Hall–Kier alpha value is -2.14. The first kappa shape index (κ1) is 12.9. The van der Waals surface area contributed by atoms with E-state index < -0.39 is 0 Å². The highest BCUT2D eigenvalue weighted by Crippen LogP contribution is 2.29. The Balaban J connectivity index is 2.02. The molecule has 3 rings (SSSR count). The van der Waals surface area contributed by atoms with Gasteiger partial charge in [0, 0.05) is 21.3 Å². The first-order valence-corrected chi connectivity index (χ1v) is 6.89. The van der Waals surface area contributed by atoms with Gasteiger partial charge in [0.2, 0.25) is 5.82 Å². The largest absolute Gasteiger partial charge is 0.399 e. The Morgan fingerprint density at radius 1 is 1.15 bits per heavy atom. The molecule has 0 radical (unpaired) electrons. The smallest absolute Gasteiger partial charge is 0.258 e. The summed E-state index contributed by atoms with van der Waals surface area (Å²) in [4.78, 5) is 4.42. The van der Waals surface area contributed by atoms with Crippen LogP contribution in [0.3, 0.4) is 0 Å². The minimum absolute atomic E-state index is 0.458. The minimum Gasteiger partial charge on any atom is -0.399 e. The Bertz CT molecular complexity index is 767. The molecule has 2 N–H and O–H groups in total. The highest BCUT2D eigenvalue weighted by atomic mass is 79.9. The molecule has 5 heteroatoms. The third-order valence-corrected chi connectivity index (χ3v) is 3.58. The summed E-state index contributed by atoms with van der Waals surface area (Å²) in [6.07, 6.45) is 0. The highest BCUT2D eigenvalue weighted by molar-refractivity contribution is 9.10. The van der Waals surface area contributed by atoms with Crippen LogP contribution in [0.2, 0.25) is 0 Å². The van der Waals surface area contributed by atoms with Crippen molar-refractivity contribution in [2.45, 2.75) is 6.92 Å². The zero-order chi connectivity index (χ0) is 14.1. The number of rotatable bonds is 2. The molecule has 0 amide bonds. The zero-order valence-electron chi connectivity index (χ0n) is 10.8. The number of benzene rings is 2. The summed E-state index contributed by atoms with van der Waals surface area (Å²) in [5, 5.41) is 4.03. The Labute approximate surface area is 124 Å². The van der Waals surface area contributed by atoms with Gasteiger partial charge in [-0.2, -0.15) is 4.98 Å². The van der Waals surface area contributed by atoms with Gasteiger partial charge >= 0.3 is 0 Å². The Morgan fingerprint density at radius 3 is 2.75 bits per heavy atom. The lowest BCUT2D eigenvalue weighted by Crippen LogP contribution is -1.86. The lowest BCUT2D eigenvalue weighted by atomic mass is 10.1. The first-order valence-electron chi connectivity index (χ1n) is 6.09.